The molecular formula is C26H29F2N3O3. The molecule has 0 unspecified atom stereocenters. The van der Waals surface area contributed by atoms with Crippen LogP contribution in [0.15, 0.2) is 42.5 Å². The van der Waals surface area contributed by atoms with Crippen LogP contribution in [0.25, 0.3) is 0 Å². The molecule has 0 aliphatic carbocycles. The lowest BCUT2D eigenvalue weighted by molar-refractivity contribution is -0.0585. The van der Waals surface area contributed by atoms with Crippen LogP contribution in [0, 0.1) is 23.5 Å². The van der Waals surface area contributed by atoms with Gasteiger partial charge in [-0.2, -0.15) is 0 Å². The monoisotopic (exact) mass is 469 g/mol. The van der Waals surface area contributed by atoms with Crippen LogP contribution in [0.4, 0.5) is 19.3 Å². The van der Waals surface area contributed by atoms with Gasteiger partial charge in [0.05, 0.1) is 12.3 Å². The fourth-order valence-corrected chi connectivity index (χ4v) is 4.91. The number of halogens is 2. The summed E-state index contributed by atoms with van der Waals surface area (Å²) < 4.78 is 32.5. The van der Waals surface area contributed by atoms with E-state index >= 15 is 0 Å². The van der Waals surface area contributed by atoms with Gasteiger partial charge in [-0.3, -0.25) is 4.90 Å². The molecule has 0 bridgehead atoms. The quantitative estimate of drug-likeness (QED) is 0.674. The first-order valence-corrected chi connectivity index (χ1v) is 11.5. The molecule has 2 heterocycles. The molecular weight excluding hydrogens is 440 g/mol. The Balaban J connectivity index is 1.51. The van der Waals surface area contributed by atoms with Crippen molar-refractivity contribution in [3.8, 4) is 11.8 Å². The number of anilines is 1. The van der Waals surface area contributed by atoms with E-state index in [0.29, 0.717) is 19.7 Å². The summed E-state index contributed by atoms with van der Waals surface area (Å²) in [6.07, 6.45) is 1.67. The summed E-state index contributed by atoms with van der Waals surface area (Å²) in [6, 6.07) is 10.5. The van der Waals surface area contributed by atoms with Crippen molar-refractivity contribution in [2.45, 2.75) is 30.8 Å². The van der Waals surface area contributed by atoms with E-state index in [-0.39, 0.29) is 30.3 Å². The highest BCUT2D eigenvalue weighted by atomic mass is 19.1. The number of amides is 2. The van der Waals surface area contributed by atoms with Gasteiger partial charge in [0.25, 0.3) is 0 Å². The number of rotatable bonds is 4. The molecule has 4 rings (SSSR count). The number of nitrogens with zero attached hydrogens (tertiary/aromatic N) is 2. The Morgan fingerprint density at radius 1 is 1.18 bits per heavy atom. The molecule has 2 aliphatic rings. The van der Waals surface area contributed by atoms with Gasteiger partial charge >= 0.3 is 6.03 Å². The molecule has 2 N–H and O–H groups in total. The van der Waals surface area contributed by atoms with Crippen LogP contribution in [0.1, 0.15) is 29.9 Å². The smallest absolute Gasteiger partial charge is 0.321 e. The zero-order valence-corrected chi connectivity index (χ0v) is 19.1. The van der Waals surface area contributed by atoms with Crippen LogP contribution in [-0.2, 0) is 4.74 Å². The first-order chi connectivity index (χ1) is 16.5. The molecule has 0 spiro atoms. The molecule has 2 amide bonds. The van der Waals surface area contributed by atoms with E-state index in [1.54, 1.807) is 12.0 Å². The molecule has 0 aromatic heterocycles. The van der Waals surface area contributed by atoms with E-state index in [1.807, 2.05) is 24.3 Å². The number of carbonyl (C=O) groups is 1. The molecule has 2 aromatic rings. The SMILES string of the molecule is COCC#Cc1ccc([C@H]2[C@H](CO)N3CCCCN(C(=O)Nc4cc(F)ccc4F)C[C@@H]23)cc1. The zero-order chi connectivity index (χ0) is 24.1. The van der Waals surface area contributed by atoms with Crippen LogP contribution >= 0.6 is 0 Å². The van der Waals surface area contributed by atoms with E-state index in [9.17, 15) is 18.7 Å². The molecule has 3 atom stereocenters. The van der Waals surface area contributed by atoms with Gasteiger partial charge in [-0.25, -0.2) is 13.6 Å². The van der Waals surface area contributed by atoms with Gasteiger partial charge in [0.15, 0.2) is 0 Å². The second kappa shape index (κ2) is 11.0. The third-order valence-electron chi connectivity index (χ3n) is 6.57. The predicted octanol–water partition coefficient (Wildman–Crippen LogP) is 3.42. The Hall–Kier alpha value is -2.99. The van der Waals surface area contributed by atoms with Crippen molar-refractivity contribution in [1.29, 1.82) is 0 Å². The normalized spacial score (nSPS) is 22.5. The summed E-state index contributed by atoms with van der Waals surface area (Å²) in [5.74, 6) is 4.73. The van der Waals surface area contributed by atoms with Crippen LogP contribution in [0.2, 0.25) is 0 Å². The second-order valence-electron chi connectivity index (χ2n) is 8.65. The van der Waals surface area contributed by atoms with Crippen molar-refractivity contribution >= 4 is 11.7 Å². The molecule has 2 aliphatic heterocycles. The number of urea groups is 1. The van der Waals surface area contributed by atoms with Crippen molar-refractivity contribution in [2.75, 3.05) is 45.3 Å². The largest absolute Gasteiger partial charge is 0.395 e. The lowest BCUT2D eigenvalue weighted by atomic mass is 9.74. The maximum absolute atomic E-state index is 14.1. The summed E-state index contributed by atoms with van der Waals surface area (Å²) in [5, 5.41) is 12.6. The summed E-state index contributed by atoms with van der Waals surface area (Å²) >= 11 is 0. The number of aliphatic hydroxyl groups is 1. The summed E-state index contributed by atoms with van der Waals surface area (Å²) in [7, 11) is 1.60. The van der Waals surface area contributed by atoms with Crippen molar-refractivity contribution in [3.05, 3.63) is 65.2 Å². The lowest BCUT2D eigenvalue weighted by Gasteiger charge is -2.57. The number of benzene rings is 2. The molecule has 6 nitrogen and oxygen atoms in total. The fourth-order valence-electron chi connectivity index (χ4n) is 4.91. The minimum atomic E-state index is -0.682. The van der Waals surface area contributed by atoms with Gasteiger partial charge in [-0.15, -0.1) is 0 Å². The standard InChI is InChI=1S/C26H29F2N3O3/c1-34-14-4-5-18-6-8-19(9-7-18)25-23-16-30(12-2-3-13-31(23)24(25)17-32)26(33)29-22-15-20(27)10-11-21(22)28/h6-11,15,23-25,32H,2-3,12-14,16-17H2,1H3,(H,29,33)/t23-,24-,25+/m0/s1. The Labute approximate surface area is 198 Å². The van der Waals surface area contributed by atoms with Gasteiger partial charge in [0, 0.05) is 49.8 Å². The number of methoxy groups -OCH3 is 1. The Bertz CT molecular complexity index is 1070. The average Bonchev–Trinajstić information content (AvgIpc) is 2.81. The number of nitrogens with one attached hydrogen (secondary N) is 1. The van der Waals surface area contributed by atoms with E-state index in [2.05, 4.69) is 22.1 Å². The fraction of sp³-hybridized carbons (Fsp3) is 0.423. The maximum Gasteiger partial charge on any atom is 0.321 e. The Kier molecular flexibility index (Phi) is 7.78. The van der Waals surface area contributed by atoms with Crippen LogP contribution in [0.5, 0.6) is 0 Å². The number of ether oxygens (including phenoxy) is 1. The van der Waals surface area contributed by atoms with Crippen molar-refractivity contribution in [1.82, 2.24) is 9.80 Å². The van der Waals surface area contributed by atoms with Crippen molar-refractivity contribution < 1.29 is 23.4 Å². The number of fused-ring (bicyclic) bond motifs is 1. The minimum Gasteiger partial charge on any atom is -0.395 e. The number of hydrogen-bond acceptors (Lipinski definition) is 4. The van der Waals surface area contributed by atoms with Gasteiger partial charge in [0.2, 0.25) is 0 Å². The first kappa shape index (κ1) is 24.1. The Morgan fingerprint density at radius 3 is 2.68 bits per heavy atom. The topological polar surface area (TPSA) is 65.0 Å². The third-order valence-corrected chi connectivity index (χ3v) is 6.57. The van der Waals surface area contributed by atoms with E-state index in [0.717, 1.165) is 48.7 Å². The van der Waals surface area contributed by atoms with Crippen LogP contribution in [-0.4, -0.2) is 73.0 Å². The van der Waals surface area contributed by atoms with Gasteiger partial charge < -0.3 is 20.1 Å². The molecule has 34 heavy (non-hydrogen) atoms. The molecule has 0 radical (unpaired) electrons. The van der Waals surface area contributed by atoms with Gasteiger partial charge in [0.1, 0.15) is 18.2 Å². The van der Waals surface area contributed by atoms with Crippen LogP contribution < -0.4 is 5.32 Å². The van der Waals surface area contributed by atoms with Gasteiger partial charge in [-0.1, -0.05) is 24.0 Å². The summed E-state index contributed by atoms with van der Waals surface area (Å²) in [4.78, 5) is 16.9. The summed E-state index contributed by atoms with van der Waals surface area (Å²) in [5.41, 5.74) is 1.79. The number of hydrogen-bond donors (Lipinski definition) is 2. The highest BCUT2D eigenvalue weighted by molar-refractivity contribution is 5.89. The Morgan fingerprint density at radius 2 is 1.94 bits per heavy atom. The summed E-state index contributed by atoms with van der Waals surface area (Å²) in [6.45, 7) is 2.20. The molecule has 2 fully saturated rings. The minimum absolute atomic E-state index is 0.0194. The molecule has 2 saturated heterocycles. The molecule has 180 valence electrons. The molecule has 0 saturated carbocycles. The predicted molar refractivity (Wildman–Crippen MR) is 125 cm³/mol. The zero-order valence-electron chi connectivity index (χ0n) is 19.1. The van der Waals surface area contributed by atoms with Crippen LogP contribution in [0.3, 0.4) is 0 Å². The number of aliphatic hydroxyl groups excluding tert-OH is 1. The second-order valence-corrected chi connectivity index (χ2v) is 8.65. The van der Waals surface area contributed by atoms with Crippen molar-refractivity contribution in [3.63, 3.8) is 0 Å². The van der Waals surface area contributed by atoms with E-state index in [1.165, 1.54) is 0 Å². The third kappa shape index (κ3) is 5.22. The van der Waals surface area contributed by atoms with Crippen molar-refractivity contribution in [2.24, 2.45) is 0 Å². The lowest BCUT2D eigenvalue weighted by Crippen LogP contribution is -2.68. The van der Waals surface area contributed by atoms with E-state index in [4.69, 9.17) is 4.74 Å². The highest BCUT2D eigenvalue weighted by Gasteiger charge is 2.49. The molecule has 8 heteroatoms. The number of carbonyl (C=O) groups excluding carboxylic acids is 1. The molecule has 2 aromatic carbocycles. The maximum atomic E-state index is 14.1. The van der Waals surface area contributed by atoms with Gasteiger partial charge in [-0.05, 0) is 49.2 Å². The van der Waals surface area contributed by atoms with E-state index < -0.39 is 17.7 Å². The first-order valence-electron chi connectivity index (χ1n) is 11.5. The highest BCUT2D eigenvalue weighted by Crippen LogP contribution is 2.42. The average molecular weight is 470 g/mol.